The lowest BCUT2D eigenvalue weighted by Gasteiger charge is -1.78. The minimum Gasteiger partial charge on any atom is -0.370 e. The van der Waals surface area contributed by atoms with Crippen molar-refractivity contribution in [3.05, 3.63) is 12.8 Å². The fourth-order valence-electron chi connectivity index (χ4n) is 0.105. The predicted octanol–water partition coefficient (Wildman–Crippen LogP) is -0.597. The van der Waals surface area contributed by atoms with Gasteiger partial charge in [0.15, 0.2) is 5.96 Å². The number of hydrogen-bond donors (Lipinski definition) is 2. The third-order valence-electron chi connectivity index (χ3n) is 0.240. The molecule has 0 aliphatic rings. The first kappa shape index (κ1) is 5.01. The molecule has 0 aromatic heterocycles. The maximum absolute atomic E-state index is 4.86. The van der Waals surface area contributed by atoms with Gasteiger partial charge in [0, 0.05) is 6.20 Å². The maximum Gasteiger partial charge on any atom is 0.190 e. The molecule has 0 rings (SSSR count). The van der Waals surface area contributed by atoms with Crippen molar-refractivity contribution in [1.29, 1.82) is 0 Å². The highest BCUT2D eigenvalue weighted by Crippen LogP contribution is 1.58. The standard InChI is InChI=1S/C3H7N3/c1-2-6-3(4)5/h2H,1H2,(H4,4,5,6). The lowest BCUT2D eigenvalue weighted by molar-refractivity contribution is 1.44. The van der Waals surface area contributed by atoms with Crippen molar-refractivity contribution >= 4 is 5.96 Å². The average molecular weight is 85.1 g/mol. The van der Waals surface area contributed by atoms with Crippen LogP contribution in [-0.4, -0.2) is 5.96 Å². The molecule has 0 aliphatic heterocycles. The molecule has 0 spiro atoms. The molecular weight excluding hydrogens is 78.1 g/mol. The van der Waals surface area contributed by atoms with E-state index in [1.54, 1.807) is 0 Å². The van der Waals surface area contributed by atoms with Crippen molar-refractivity contribution in [2.24, 2.45) is 16.5 Å². The summed E-state index contributed by atoms with van der Waals surface area (Å²) in [5, 5.41) is 0. The summed E-state index contributed by atoms with van der Waals surface area (Å²) >= 11 is 0. The zero-order valence-corrected chi connectivity index (χ0v) is 3.39. The van der Waals surface area contributed by atoms with Gasteiger partial charge < -0.3 is 11.5 Å². The van der Waals surface area contributed by atoms with Crippen LogP contribution in [0.15, 0.2) is 17.8 Å². The van der Waals surface area contributed by atoms with Crippen LogP contribution in [0.25, 0.3) is 0 Å². The van der Waals surface area contributed by atoms with Gasteiger partial charge in [-0.3, -0.25) is 0 Å². The van der Waals surface area contributed by atoms with Gasteiger partial charge in [0.05, 0.1) is 0 Å². The lowest BCUT2D eigenvalue weighted by atomic mass is 11.0. The summed E-state index contributed by atoms with van der Waals surface area (Å²) in [7, 11) is 0. The Morgan fingerprint density at radius 2 is 2.17 bits per heavy atom. The van der Waals surface area contributed by atoms with E-state index in [9.17, 15) is 0 Å². The molecule has 3 heteroatoms. The zero-order chi connectivity index (χ0) is 4.99. The van der Waals surface area contributed by atoms with E-state index < -0.39 is 0 Å². The molecule has 6 heavy (non-hydrogen) atoms. The Bertz CT molecular complexity index is 70.1. The quantitative estimate of drug-likeness (QED) is 0.330. The average Bonchev–Trinajstić information content (AvgIpc) is 1.35. The third-order valence-corrected chi connectivity index (χ3v) is 0.240. The lowest BCUT2D eigenvalue weighted by Crippen LogP contribution is -2.21. The summed E-state index contributed by atoms with van der Waals surface area (Å²) in [6.45, 7) is 3.25. The second-order valence-electron chi connectivity index (χ2n) is 0.737. The van der Waals surface area contributed by atoms with Crippen molar-refractivity contribution in [2.75, 3.05) is 0 Å². The highest BCUT2D eigenvalue weighted by atomic mass is 15.0. The molecule has 0 heterocycles. The number of nitrogens with zero attached hydrogens (tertiary/aromatic N) is 1. The zero-order valence-electron chi connectivity index (χ0n) is 3.39. The molecule has 0 radical (unpaired) electrons. The van der Waals surface area contributed by atoms with Gasteiger partial charge in [0.2, 0.25) is 0 Å². The van der Waals surface area contributed by atoms with Crippen molar-refractivity contribution in [3.8, 4) is 0 Å². The third kappa shape index (κ3) is 3.01. The predicted molar refractivity (Wildman–Crippen MR) is 26.0 cm³/mol. The molecule has 0 fully saturated rings. The van der Waals surface area contributed by atoms with Gasteiger partial charge in [0.1, 0.15) is 0 Å². The minimum atomic E-state index is 0.0463. The van der Waals surface area contributed by atoms with Crippen LogP contribution < -0.4 is 11.5 Å². The molecule has 0 atom stereocenters. The number of hydrogen-bond acceptors (Lipinski definition) is 1. The van der Waals surface area contributed by atoms with E-state index in [0.29, 0.717) is 0 Å². The van der Waals surface area contributed by atoms with Crippen molar-refractivity contribution < 1.29 is 0 Å². The first-order valence-electron chi connectivity index (χ1n) is 1.47. The Morgan fingerprint density at radius 1 is 1.67 bits per heavy atom. The van der Waals surface area contributed by atoms with E-state index in [1.807, 2.05) is 0 Å². The first-order valence-corrected chi connectivity index (χ1v) is 1.47. The minimum absolute atomic E-state index is 0.0463. The van der Waals surface area contributed by atoms with Gasteiger partial charge in [-0.25, -0.2) is 4.99 Å². The molecule has 0 unspecified atom stereocenters. The molecule has 0 saturated heterocycles. The molecule has 34 valence electrons. The van der Waals surface area contributed by atoms with Crippen LogP contribution >= 0.6 is 0 Å². The van der Waals surface area contributed by atoms with Crippen LogP contribution in [0.1, 0.15) is 0 Å². The molecular formula is C3H7N3. The van der Waals surface area contributed by atoms with Crippen LogP contribution in [0.2, 0.25) is 0 Å². The normalized spacial score (nSPS) is 6.67. The summed E-state index contributed by atoms with van der Waals surface area (Å²) in [6.07, 6.45) is 1.29. The fourth-order valence-corrected chi connectivity index (χ4v) is 0.105. The van der Waals surface area contributed by atoms with E-state index in [0.717, 1.165) is 0 Å². The summed E-state index contributed by atoms with van der Waals surface area (Å²) in [5.41, 5.74) is 9.72. The van der Waals surface area contributed by atoms with Gasteiger partial charge in [-0.1, -0.05) is 6.58 Å². The van der Waals surface area contributed by atoms with Crippen LogP contribution in [-0.2, 0) is 0 Å². The number of nitrogens with two attached hydrogens (primary N) is 2. The number of rotatable bonds is 1. The second kappa shape index (κ2) is 2.26. The Hall–Kier alpha value is -0.990. The Balaban J connectivity index is 3.41. The molecule has 0 aromatic carbocycles. The highest BCUT2D eigenvalue weighted by molar-refractivity contribution is 5.76. The molecule has 3 nitrogen and oxygen atoms in total. The van der Waals surface area contributed by atoms with Crippen molar-refractivity contribution in [2.45, 2.75) is 0 Å². The van der Waals surface area contributed by atoms with Gasteiger partial charge >= 0.3 is 0 Å². The number of aliphatic imine (C=N–C) groups is 1. The van der Waals surface area contributed by atoms with Crippen LogP contribution in [0.4, 0.5) is 0 Å². The van der Waals surface area contributed by atoms with Crippen LogP contribution in [0.5, 0.6) is 0 Å². The Morgan fingerprint density at radius 3 is 2.17 bits per heavy atom. The first-order chi connectivity index (χ1) is 2.77. The van der Waals surface area contributed by atoms with Gasteiger partial charge in [-0.15, -0.1) is 0 Å². The van der Waals surface area contributed by atoms with Crippen LogP contribution in [0.3, 0.4) is 0 Å². The largest absolute Gasteiger partial charge is 0.370 e. The summed E-state index contributed by atoms with van der Waals surface area (Å²) in [6, 6.07) is 0. The summed E-state index contributed by atoms with van der Waals surface area (Å²) in [5.74, 6) is 0.0463. The van der Waals surface area contributed by atoms with Gasteiger partial charge in [-0.2, -0.15) is 0 Å². The molecule has 0 aromatic rings. The summed E-state index contributed by atoms with van der Waals surface area (Å²) in [4.78, 5) is 3.36. The maximum atomic E-state index is 4.86. The smallest absolute Gasteiger partial charge is 0.190 e. The SMILES string of the molecule is C=CN=C(N)N. The van der Waals surface area contributed by atoms with E-state index in [4.69, 9.17) is 11.5 Å². The monoisotopic (exact) mass is 85.1 g/mol. The van der Waals surface area contributed by atoms with Gasteiger partial charge in [0.25, 0.3) is 0 Å². The molecule has 4 N–H and O–H groups in total. The van der Waals surface area contributed by atoms with E-state index in [-0.39, 0.29) is 5.96 Å². The molecule has 0 aliphatic carbocycles. The highest BCUT2D eigenvalue weighted by Gasteiger charge is 1.64. The van der Waals surface area contributed by atoms with Crippen molar-refractivity contribution in [3.63, 3.8) is 0 Å². The Kier molecular flexibility index (Phi) is 1.89. The topological polar surface area (TPSA) is 64.4 Å². The molecule has 0 saturated carbocycles. The van der Waals surface area contributed by atoms with Gasteiger partial charge in [-0.05, 0) is 0 Å². The molecule has 0 amide bonds. The van der Waals surface area contributed by atoms with Crippen molar-refractivity contribution in [1.82, 2.24) is 0 Å². The Labute approximate surface area is 36.4 Å². The van der Waals surface area contributed by atoms with E-state index in [1.165, 1.54) is 6.20 Å². The number of guanidine groups is 1. The fraction of sp³-hybridized carbons (Fsp3) is 0. The second-order valence-corrected chi connectivity index (χ2v) is 0.737. The van der Waals surface area contributed by atoms with E-state index >= 15 is 0 Å². The summed E-state index contributed by atoms with van der Waals surface area (Å²) < 4.78 is 0. The molecule has 0 bridgehead atoms. The van der Waals surface area contributed by atoms with E-state index in [2.05, 4.69) is 11.6 Å². The van der Waals surface area contributed by atoms with Crippen LogP contribution in [0, 0.1) is 0 Å².